The highest BCUT2D eigenvalue weighted by molar-refractivity contribution is 5.73. The van der Waals surface area contributed by atoms with Crippen LogP contribution in [0.4, 0.5) is 0 Å². The molecule has 0 spiro atoms. The summed E-state index contributed by atoms with van der Waals surface area (Å²) in [5.41, 5.74) is 2.82. The molecule has 0 unspecified atom stereocenters. The summed E-state index contributed by atoms with van der Waals surface area (Å²) in [6.07, 6.45) is 2.47. The van der Waals surface area contributed by atoms with Crippen molar-refractivity contribution >= 4 is 11.0 Å². The lowest BCUT2D eigenvalue weighted by atomic mass is 10.3. The SMILES string of the molecule is [CH2]Cc1cnc2ccccc2n1. The fourth-order valence-corrected chi connectivity index (χ4v) is 1.12. The molecule has 0 fully saturated rings. The van der Waals surface area contributed by atoms with E-state index in [0.29, 0.717) is 6.42 Å². The van der Waals surface area contributed by atoms with E-state index < -0.39 is 0 Å². The predicted octanol–water partition coefficient (Wildman–Crippen LogP) is 2.01. The van der Waals surface area contributed by atoms with Gasteiger partial charge < -0.3 is 0 Å². The molecule has 0 aliphatic heterocycles. The fraction of sp³-hybridized carbons (Fsp3) is 0.100. The van der Waals surface area contributed by atoms with Crippen LogP contribution in [-0.4, -0.2) is 9.97 Å². The number of hydrogen-bond acceptors (Lipinski definition) is 2. The second-order valence-corrected chi connectivity index (χ2v) is 2.60. The van der Waals surface area contributed by atoms with Crippen molar-refractivity contribution in [2.75, 3.05) is 0 Å². The Bertz CT molecular complexity index is 396. The summed E-state index contributed by atoms with van der Waals surface area (Å²) < 4.78 is 0. The Hall–Kier alpha value is -1.44. The van der Waals surface area contributed by atoms with Crippen molar-refractivity contribution in [1.29, 1.82) is 0 Å². The number of hydrogen-bond donors (Lipinski definition) is 0. The smallest absolute Gasteiger partial charge is 0.0890 e. The van der Waals surface area contributed by atoms with E-state index in [1.54, 1.807) is 6.20 Å². The third-order valence-electron chi connectivity index (χ3n) is 1.75. The van der Waals surface area contributed by atoms with Crippen molar-refractivity contribution in [3.63, 3.8) is 0 Å². The predicted molar refractivity (Wildman–Crippen MR) is 48.6 cm³/mol. The van der Waals surface area contributed by atoms with Crippen LogP contribution in [0.3, 0.4) is 0 Å². The maximum atomic E-state index is 4.37. The van der Waals surface area contributed by atoms with Gasteiger partial charge in [0.2, 0.25) is 0 Å². The standard InChI is InChI=1S/C10H9N2/c1-2-8-7-11-9-5-3-4-6-10(9)12-8/h3-7H,1-2H2. The van der Waals surface area contributed by atoms with E-state index in [-0.39, 0.29) is 0 Å². The normalized spacial score (nSPS) is 10.4. The molecule has 2 aromatic rings. The molecule has 0 saturated carbocycles. The van der Waals surface area contributed by atoms with Crippen LogP contribution >= 0.6 is 0 Å². The molecule has 2 rings (SSSR count). The molecule has 0 aliphatic carbocycles. The Morgan fingerprint density at radius 1 is 1.17 bits per heavy atom. The van der Waals surface area contributed by atoms with Crippen molar-refractivity contribution in [3.05, 3.63) is 43.1 Å². The Balaban J connectivity index is 2.67. The van der Waals surface area contributed by atoms with Gasteiger partial charge in [-0.2, -0.15) is 0 Å². The van der Waals surface area contributed by atoms with Gasteiger partial charge in [0, 0.05) is 6.20 Å². The van der Waals surface area contributed by atoms with E-state index >= 15 is 0 Å². The highest BCUT2D eigenvalue weighted by Crippen LogP contribution is 2.07. The van der Waals surface area contributed by atoms with Crippen molar-refractivity contribution in [3.8, 4) is 0 Å². The third kappa shape index (κ3) is 1.16. The Morgan fingerprint density at radius 2 is 1.92 bits per heavy atom. The summed E-state index contributed by atoms with van der Waals surface area (Å²) in [7, 11) is 0. The quantitative estimate of drug-likeness (QED) is 0.632. The molecule has 0 N–H and O–H groups in total. The van der Waals surface area contributed by atoms with Gasteiger partial charge in [-0.1, -0.05) is 12.1 Å². The van der Waals surface area contributed by atoms with Crippen molar-refractivity contribution in [2.24, 2.45) is 0 Å². The third-order valence-corrected chi connectivity index (χ3v) is 1.75. The van der Waals surface area contributed by atoms with Gasteiger partial charge in [0.05, 0.1) is 16.7 Å². The monoisotopic (exact) mass is 157 g/mol. The highest BCUT2D eigenvalue weighted by Gasteiger charge is 1.95. The second-order valence-electron chi connectivity index (χ2n) is 2.60. The van der Waals surface area contributed by atoms with Gasteiger partial charge in [0.25, 0.3) is 0 Å². The van der Waals surface area contributed by atoms with Gasteiger partial charge in [-0.15, -0.1) is 0 Å². The van der Waals surface area contributed by atoms with Crippen molar-refractivity contribution in [1.82, 2.24) is 9.97 Å². The zero-order valence-electron chi connectivity index (χ0n) is 6.70. The molecular weight excluding hydrogens is 148 g/mol. The largest absolute Gasteiger partial charge is 0.253 e. The Labute approximate surface area is 71.3 Å². The Morgan fingerprint density at radius 3 is 2.67 bits per heavy atom. The average Bonchev–Trinajstić information content (AvgIpc) is 2.17. The summed E-state index contributed by atoms with van der Waals surface area (Å²) in [6, 6.07) is 7.83. The molecule has 1 aromatic carbocycles. The summed E-state index contributed by atoms with van der Waals surface area (Å²) in [5, 5.41) is 0. The molecule has 1 radical (unpaired) electrons. The van der Waals surface area contributed by atoms with Crippen LogP contribution in [0.15, 0.2) is 30.5 Å². The van der Waals surface area contributed by atoms with Gasteiger partial charge in [-0.05, 0) is 25.5 Å². The summed E-state index contributed by atoms with van der Waals surface area (Å²) in [4.78, 5) is 8.62. The minimum atomic E-state index is 0.692. The highest BCUT2D eigenvalue weighted by atomic mass is 14.8. The first kappa shape index (κ1) is 7.22. The topological polar surface area (TPSA) is 25.8 Å². The molecule has 2 heteroatoms. The van der Waals surface area contributed by atoms with E-state index in [1.807, 2.05) is 24.3 Å². The van der Waals surface area contributed by atoms with E-state index in [1.165, 1.54) is 0 Å². The molecule has 0 bridgehead atoms. The van der Waals surface area contributed by atoms with E-state index in [0.717, 1.165) is 16.7 Å². The maximum absolute atomic E-state index is 4.37. The molecule has 0 aliphatic rings. The number of para-hydroxylation sites is 2. The molecule has 1 aromatic heterocycles. The molecule has 0 atom stereocenters. The van der Waals surface area contributed by atoms with E-state index in [9.17, 15) is 0 Å². The molecule has 0 amide bonds. The zero-order chi connectivity index (χ0) is 8.39. The minimum Gasteiger partial charge on any atom is -0.253 e. The lowest BCUT2D eigenvalue weighted by molar-refractivity contribution is 1.10. The summed E-state index contributed by atoms with van der Waals surface area (Å²) >= 11 is 0. The molecule has 0 saturated heterocycles. The van der Waals surface area contributed by atoms with Gasteiger partial charge in [-0.25, -0.2) is 4.98 Å². The van der Waals surface area contributed by atoms with E-state index in [2.05, 4.69) is 16.9 Å². The minimum absolute atomic E-state index is 0.692. The van der Waals surface area contributed by atoms with Gasteiger partial charge >= 0.3 is 0 Å². The lowest BCUT2D eigenvalue weighted by Crippen LogP contribution is -1.89. The maximum Gasteiger partial charge on any atom is 0.0890 e. The molecule has 59 valence electrons. The second kappa shape index (κ2) is 2.89. The van der Waals surface area contributed by atoms with Crippen LogP contribution in [0.5, 0.6) is 0 Å². The van der Waals surface area contributed by atoms with Crippen LogP contribution in [0.25, 0.3) is 11.0 Å². The fourth-order valence-electron chi connectivity index (χ4n) is 1.12. The van der Waals surface area contributed by atoms with Crippen LogP contribution in [0.2, 0.25) is 0 Å². The number of benzene rings is 1. The number of fused-ring (bicyclic) bond motifs is 1. The van der Waals surface area contributed by atoms with E-state index in [4.69, 9.17) is 0 Å². The van der Waals surface area contributed by atoms with Crippen molar-refractivity contribution < 1.29 is 0 Å². The molecule has 2 nitrogen and oxygen atoms in total. The van der Waals surface area contributed by atoms with Crippen LogP contribution in [0, 0.1) is 6.92 Å². The van der Waals surface area contributed by atoms with Gasteiger partial charge in [0.15, 0.2) is 0 Å². The van der Waals surface area contributed by atoms with Gasteiger partial charge in [0.1, 0.15) is 0 Å². The molecule has 1 heterocycles. The molecule has 12 heavy (non-hydrogen) atoms. The Kier molecular flexibility index (Phi) is 1.74. The number of aromatic nitrogens is 2. The van der Waals surface area contributed by atoms with Gasteiger partial charge in [-0.3, -0.25) is 4.98 Å². The number of nitrogens with zero attached hydrogens (tertiary/aromatic N) is 2. The average molecular weight is 157 g/mol. The van der Waals surface area contributed by atoms with Crippen LogP contribution in [-0.2, 0) is 6.42 Å². The summed E-state index contributed by atoms with van der Waals surface area (Å²) in [6.45, 7) is 3.76. The first-order chi connectivity index (χ1) is 5.90. The first-order valence-electron chi connectivity index (χ1n) is 3.90. The summed E-state index contributed by atoms with van der Waals surface area (Å²) in [5.74, 6) is 0. The first-order valence-corrected chi connectivity index (χ1v) is 3.90. The van der Waals surface area contributed by atoms with Crippen molar-refractivity contribution in [2.45, 2.75) is 6.42 Å². The van der Waals surface area contributed by atoms with Crippen LogP contribution < -0.4 is 0 Å². The zero-order valence-corrected chi connectivity index (χ0v) is 6.70. The molecular formula is C10H9N2. The van der Waals surface area contributed by atoms with Crippen LogP contribution in [0.1, 0.15) is 5.69 Å². The number of rotatable bonds is 1. The lowest BCUT2D eigenvalue weighted by Gasteiger charge is -1.97.